The molecular formula is C20H22N4O. The summed E-state index contributed by atoms with van der Waals surface area (Å²) in [5.74, 6) is 0.769. The predicted molar refractivity (Wildman–Crippen MR) is 102 cm³/mol. The summed E-state index contributed by atoms with van der Waals surface area (Å²) in [4.78, 5) is 23.3. The second-order valence-corrected chi connectivity index (χ2v) is 5.87. The lowest BCUT2D eigenvalue weighted by molar-refractivity contribution is 0.102. The largest absolute Gasteiger partial charge is 0.357 e. The first-order valence-corrected chi connectivity index (χ1v) is 8.51. The minimum Gasteiger partial charge on any atom is -0.357 e. The van der Waals surface area contributed by atoms with Crippen LogP contribution in [0.4, 0.5) is 11.5 Å². The summed E-state index contributed by atoms with van der Waals surface area (Å²) in [5.41, 5.74) is 3.21. The molecule has 3 rings (SSSR count). The van der Waals surface area contributed by atoms with Gasteiger partial charge in [0.1, 0.15) is 11.5 Å². The van der Waals surface area contributed by atoms with Crippen LogP contribution in [-0.2, 0) is 0 Å². The number of aryl methyl sites for hydroxylation is 1. The summed E-state index contributed by atoms with van der Waals surface area (Å²) in [6.07, 6.45) is 1.61. The fraction of sp³-hybridized carbons (Fsp3) is 0.250. The van der Waals surface area contributed by atoms with E-state index in [-0.39, 0.29) is 5.91 Å². The molecule has 0 bridgehead atoms. The van der Waals surface area contributed by atoms with Crippen LogP contribution in [0.25, 0.3) is 10.9 Å². The standard InChI is InChI=1S/C20H22N4O/c1-4-24(5-2)19-12-14(3)16-13-15(9-10-17(16)23-19)22-20(25)18-8-6-7-11-21-18/h6-13H,4-5H2,1-3H3,(H,22,25). The first-order chi connectivity index (χ1) is 12.1. The Balaban J connectivity index is 1.91. The first-order valence-electron chi connectivity index (χ1n) is 8.51. The summed E-state index contributed by atoms with van der Waals surface area (Å²) in [5, 5.41) is 3.93. The van der Waals surface area contributed by atoms with Gasteiger partial charge in [-0.1, -0.05) is 6.07 Å². The minimum atomic E-state index is -0.217. The Hall–Kier alpha value is -2.95. The quantitative estimate of drug-likeness (QED) is 0.765. The van der Waals surface area contributed by atoms with Crippen molar-refractivity contribution in [3.05, 3.63) is 59.9 Å². The van der Waals surface area contributed by atoms with Gasteiger partial charge in [-0.2, -0.15) is 0 Å². The number of hydrogen-bond donors (Lipinski definition) is 1. The number of anilines is 2. The summed E-state index contributed by atoms with van der Waals surface area (Å²) >= 11 is 0. The number of benzene rings is 1. The maximum atomic E-state index is 12.3. The molecule has 2 heterocycles. The lowest BCUT2D eigenvalue weighted by atomic mass is 10.1. The van der Waals surface area contributed by atoms with Crippen LogP contribution in [0.2, 0.25) is 0 Å². The fourth-order valence-electron chi connectivity index (χ4n) is 2.86. The molecule has 0 saturated heterocycles. The van der Waals surface area contributed by atoms with E-state index in [1.54, 1.807) is 24.4 Å². The van der Waals surface area contributed by atoms with Crippen LogP contribution in [0, 0.1) is 6.92 Å². The average Bonchev–Trinajstić information content (AvgIpc) is 2.64. The van der Waals surface area contributed by atoms with Crippen molar-refractivity contribution < 1.29 is 4.79 Å². The van der Waals surface area contributed by atoms with Crippen LogP contribution in [0.1, 0.15) is 29.9 Å². The molecule has 0 unspecified atom stereocenters. The van der Waals surface area contributed by atoms with Gasteiger partial charge in [-0.25, -0.2) is 4.98 Å². The van der Waals surface area contributed by atoms with E-state index in [1.807, 2.05) is 18.2 Å². The van der Waals surface area contributed by atoms with E-state index in [2.05, 4.69) is 42.0 Å². The predicted octanol–water partition coefficient (Wildman–Crippen LogP) is 4.04. The molecular weight excluding hydrogens is 312 g/mol. The molecule has 2 aromatic heterocycles. The molecule has 0 aliphatic carbocycles. The van der Waals surface area contributed by atoms with Crippen LogP contribution in [0.15, 0.2) is 48.7 Å². The lowest BCUT2D eigenvalue weighted by Crippen LogP contribution is -2.23. The zero-order chi connectivity index (χ0) is 17.8. The molecule has 3 aromatic rings. The Kier molecular flexibility index (Phi) is 4.93. The number of rotatable bonds is 5. The van der Waals surface area contributed by atoms with Crippen molar-refractivity contribution in [1.82, 2.24) is 9.97 Å². The second-order valence-electron chi connectivity index (χ2n) is 5.87. The molecule has 0 aliphatic heterocycles. The monoisotopic (exact) mass is 334 g/mol. The van der Waals surface area contributed by atoms with Crippen LogP contribution in [0.5, 0.6) is 0 Å². The third-order valence-corrected chi connectivity index (χ3v) is 4.24. The topological polar surface area (TPSA) is 58.1 Å². The number of carbonyl (C=O) groups excluding carboxylic acids is 1. The van der Waals surface area contributed by atoms with Gasteiger partial charge in [-0.15, -0.1) is 0 Å². The van der Waals surface area contributed by atoms with Gasteiger partial charge in [0.25, 0.3) is 5.91 Å². The fourth-order valence-corrected chi connectivity index (χ4v) is 2.86. The van der Waals surface area contributed by atoms with Gasteiger partial charge in [0.05, 0.1) is 5.52 Å². The Morgan fingerprint density at radius 1 is 1.12 bits per heavy atom. The Bertz CT molecular complexity index is 889. The number of nitrogens with one attached hydrogen (secondary N) is 1. The molecule has 0 fully saturated rings. The number of hydrogen-bond acceptors (Lipinski definition) is 4. The molecule has 0 aliphatic rings. The number of fused-ring (bicyclic) bond motifs is 1. The van der Waals surface area contributed by atoms with Crippen LogP contribution in [-0.4, -0.2) is 29.0 Å². The zero-order valence-corrected chi connectivity index (χ0v) is 14.8. The first kappa shape index (κ1) is 16.9. The van der Waals surface area contributed by atoms with E-state index >= 15 is 0 Å². The molecule has 1 aromatic carbocycles. The van der Waals surface area contributed by atoms with E-state index in [0.29, 0.717) is 5.69 Å². The summed E-state index contributed by atoms with van der Waals surface area (Å²) in [7, 11) is 0. The van der Waals surface area contributed by atoms with Crippen molar-refractivity contribution in [2.75, 3.05) is 23.3 Å². The molecule has 25 heavy (non-hydrogen) atoms. The molecule has 0 atom stereocenters. The van der Waals surface area contributed by atoms with E-state index in [0.717, 1.165) is 41.1 Å². The van der Waals surface area contributed by atoms with E-state index in [4.69, 9.17) is 4.98 Å². The highest BCUT2D eigenvalue weighted by atomic mass is 16.1. The third kappa shape index (κ3) is 3.60. The average molecular weight is 334 g/mol. The molecule has 0 radical (unpaired) electrons. The molecule has 1 N–H and O–H groups in total. The van der Waals surface area contributed by atoms with Crippen LogP contribution >= 0.6 is 0 Å². The zero-order valence-electron chi connectivity index (χ0n) is 14.8. The van der Waals surface area contributed by atoms with Gasteiger partial charge in [0.15, 0.2) is 0 Å². The van der Waals surface area contributed by atoms with Gasteiger partial charge < -0.3 is 10.2 Å². The highest BCUT2D eigenvalue weighted by molar-refractivity contribution is 6.04. The molecule has 128 valence electrons. The summed E-state index contributed by atoms with van der Waals surface area (Å²) in [6.45, 7) is 8.17. The molecule has 0 spiro atoms. The number of carbonyl (C=O) groups is 1. The van der Waals surface area contributed by atoms with Crippen molar-refractivity contribution in [3.63, 3.8) is 0 Å². The molecule has 5 heteroatoms. The summed E-state index contributed by atoms with van der Waals surface area (Å²) < 4.78 is 0. The van der Waals surface area contributed by atoms with Gasteiger partial charge in [-0.3, -0.25) is 9.78 Å². The molecule has 5 nitrogen and oxygen atoms in total. The Morgan fingerprint density at radius 3 is 2.60 bits per heavy atom. The van der Waals surface area contributed by atoms with Crippen molar-refractivity contribution >= 4 is 28.3 Å². The Morgan fingerprint density at radius 2 is 1.92 bits per heavy atom. The summed E-state index contributed by atoms with van der Waals surface area (Å²) in [6, 6.07) is 13.2. The highest BCUT2D eigenvalue weighted by Crippen LogP contribution is 2.25. The van der Waals surface area contributed by atoms with Gasteiger partial charge >= 0.3 is 0 Å². The minimum absolute atomic E-state index is 0.217. The van der Waals surface area contributed by atoms with Gasteiger partial charge in [-0.05, 0) is 62.7 Å². The Labute approximate surface area is 147 Å². The van der Waals surface area contributed by atoms with Crippen molar-refractivity contribution in [2.45, 2.75) is 20.8 Å². The molecule has 1 amide bonds. The van der Waals surface area contributed by atoms with Crippen molar-refractivity contribution in [1.29, 1.82) is 0 Å². The smallest absolute Gasteiger partial charge is 0.274 e. The number of aromatic nitrogens is 2. The highest BCUT2D eigenvalue weighted by Gasteiger charge is 2.10. The second kappa shape index (κ2) is 7.30. The van der Waals surface area contributed by atoms with Crippen LogP contribution in [0.3, 0.4) is 0 Å². The maximum absolute atomic E-state index is 12.3. The van der Waals surface area contributed by atoms with Gasteiger partial charge in [0, 0.05) is 30.4 Å². The van der Waals surface area contributed by atoms with E-state index in [9.17, 15) is 4.79 Å². The normalized spacial score (nSPS) is 10.7. The molecule has 0 saturated carbocycles. The number of amides is 1. The van der Waals surface area contributed by atoms with E-state index < -0.39 is 0 Å². The number of nitrogens with zero attached hydrogens (tertiary/aromatic N) is 3. The lowest BCUT2D eigenvalue weighted by Gasteiger charge is -2.21. The maximum Gasteiger partial charge on any atom is 0.274 e. The van der Waals surface area contributed by atoms with Crippen LogP contribution < -0.4 is 10.2 Å². The SMILES string of the molecule is CCN(CC)c1cc(C)c2cc(NC(=O)c3ccccn3)ccc2n1. The van der Waals surface area contributed by atoms with Gasteiger partial charge in [0.2, 0.25) is 0 Å². The number of pyridine rings is 2. The third-order valence-electron chi connectivity index (χ3n) is 4.24. The van der Waals surface area contributed by atoms with E-state index in [1.165, 1.54) is 0 Å². The van der Waals surface area contributed by atoms with Crippen molar-refractivity contribution in [3.8, 4) is 0 Å². The van der Waals surface area contributed by atoms with Crippen molar-refractivity contribution in [2.24, 2.45) is 0 Å².